The second kappa shape index (κ2) is 5.70. The maximum absolute atomic E-state index is 11.3. The lowest BCUT2D eigenvalue weighted by molar-refractivity contribution is -0.134. The van der Waals surface area contributed by atoms with E-state index in [-0.39, 0.29) is 5.97 Å². The van der Waals surface area contributed by atoms with Crippen molar-refractivity contribution in [1.82, 2.24) is 0 Å². The van der Waals surface area contributed by atoms with Gasteiger partial charge in [-0.25, -0.2) is 0 Å². The summed E-state index contributed by atoms with van der Waals surface area (Å²) in [5, 5.41) is 0. The summed E-state index contributed by atoms with van der Waals surface area (Å²) in [5.41, 5.74) is 4.66. The van der Waals surface area contributed by atoms with E-state index in [9.17, 15) is 4.79 Å². The first-order valence-electron chi connectivity index (χ1n) is 6.48. The van der Waals surface area contributed by atoms with E-state index in [1.807, 2.05) is 18.2 Å². The molecule has 0 saturated heterocycles. The van der Waals surface area contributed by atoms with Crippen molar-refractivity contribution < 1.29 is 9.53 Å². The molecule has 2 aromatic rings. The van der Waals surface area contributed by atoms with Crippen molar-refractivity contribution in [1.29, 1.82) is 0 Å². The summed E-state index contributed by atoms with van der Waals surface area (Å²) in [6.07, 6.45) is 0.383. The second-order valence-electron chi connectivity index (χ2n) is 4.73. The molecule has 0 unspecified atom stereocenters. The summed E-state index contributed by atoms with van der Waals surface area (Å²) in [6.45, 7) is 5.95. The summed E-state index contributed by atoms with van der Waals surface area (Å²) in [4.78, 5) is 11.3. The number of aryl methyl sites for hydroxylation is 2. The average Bonchev–Trinajstić information content (AvgIpc) is 2.38. The Morgan fingerprint density at radius 3 is 2.32 bits per heavy atom. The van der Waals surface area contributed by atoms with Crippen molar-refractivity contribution in [2.45, 2.75) is 27.2 Å². The van der Waals surface area contributed by atoms with Gasteiger partial charge in [0.15, 0.2) is 0 Å². The molecule has 0 aromatic heterocycles. The highest BCUT2D eigenvalue weighted by atomic mass is 16.5. The molecular weight excluding hydrogens is 236 g/mol. The van der Waals surface area contributed by atoms with Crippen LogP contribution in [-0.4, -0.2) is 5.97 Å². The molecule has 2 aromatic carbocycles. The van der Waals surface area contributed by atoms with Crippen LogP contribution in [0, 0.1) is 13.8 Å². The predicted molar refractivity (Wildman–Crippen MR) is 77.3 cm³/mol. The highest BCUT2D eigenvalue weighted by Gasteiger charge is 2.04. The first-order valence-corrected chi connectivity index (χ1v) is 6.48. The molecule has 0 fully saturated rings. The minimum absolute atomic E-state index is 0.211. The molecule has 0 saturated carbocycles. The summed E-state index contributed by atoms with van der Waals surface area (Å²) < 4.78 is 5.25. The lowest BCUT2D eigenvalue weighted by atomic mass is 10.0. The molecule has 0 radical (unpaired) electrons. The third-order valence-corrected chi connectivity index (χ3v) is 2.91. The number of ether oxygens (including phenoxy) is 1. The highest BCUT2D eigenvalue weighted by molar-refractivity contribution is 5.73. The van der Waals surface area contributed by atoms with Crippen LogP contribution in [0.2, 0.25) is 0 Å². The molecule has 0 atom stereocenters. The van der Waals surface area contributed by atoms with E-state index in [0.29, 0.717) is 12.2 Å². The van der Waals surface area contributed by atoms with Gasteiger partial charge in [-0.1, -0.05) is 48.4 Å². The van der Waals surface area contributed by atoms with Crippen molar-refractivity contribution in [2.75, 3.05) is 0 Å². The number of carbonyl (C=O) groups is 1. The zero-order chi connectivity index (χ0) is 13.8. The third kappa shape index (κ3) is 3.44. The van der Waals surface area contributed by atoms with E-state index < -0.39 is 0 Å². The Morgan fingerprint density at radius 2 is 1.68 bits per heavy atom. The Kier molecular flexibility index (Phi) is 4.00. The number of rotatable bonds is 3. The van der Waals surface area contributed by atoms with E-state index in [1.54, 1.807) is 13.0 Å². The average molecular weight is 254 g/mol. The maximum Gasteiger partial charge on any atom is 0.310 e. The lowest BCUT2D eigenvalue weighted by Crippen LogP contribution is -2.05. The molecular formula is C17H18O2. The van der Waals surface area contributed by atoms with Gasteiger partial charge in [0.1, 0.15) is 5.75 Å². The van der Waals surface area contributed by atoms with Crippen LogP contribution < -0.4 is 4.74 Å². The predicted octanol–water partition coefficient (Wildman–Crippen LogP) is 4.29. The van der Waals surface area contributed by atoms with Crippen LogP contribution >= 0.6 is 0 Å². The molecule has 2 rings (SSSR count). The topological polar surface area (TPSA) is 26.3 Å². The molecule has 0 bridgehead atoms. The summed E-state index contributed by atoms with van der Waals surface area (Å²) in [5.74, 6) is 0.390. The minimum Gasteiger partial charge on any atom is -0.427 e. The fraction of sp³-hybridized carbons (Fsp3) is 0.235. The molecule has 2 heteroatoms. The first kappa shape index (κ1) is 13.3. The Bertz CT molecular complexity index is 580. The molecule has 0 spiro atoms. The van der Waals surface area contributed by atoms with Crippen LogP contribution in [0.5, 0.6) is 5.75 Å². The molecule has 0 aliphatic rings. The molecule has 0 aliphatic carbocycles. The molecule has 0 amide bonds. The lowest BCUT2D eigenvalue weighted by Gasteiger charge is -2.08. The van der Waals surface area contributed by atoms with Crippen molar-refractivity contribution in [3.8, 4) is 16.9 Å². The summed E-state index contributed by atoms with van der Waals surface area (Å²) >= 11 is 0. The number of hydrogen-bond donors (Lipinski definition) is 0. The smallest absolute Gasteiger partial charge is 0.310 e. The van der Waals surface area contributed by atoms with Crippen molar-refractivity contribution in [2.24, 2.45) is 0 Å². The van der Waals surface area contributed by atoms with E-state index in [4.69, 9.17) is 4.74 Å². The minimum atomic E-state index is -0.211. The summed E-state index contributed by atoms with van der Waals surface area (Å²) in [7, 11) is 0. The number of benzene rings is 2. The van der Waals surface area contributed by atoms with Crippen molar-refractivity contribution >= 4 is 5.97 Å². The first-order chi connectivity index (χ1) is 9.08. The van der Waals surface area contributed by atoms with E-state index >= 15 is 0 Å². The van der Waals surface area contributed by atoms with Crippen LogP contribution in [0.4, 0.5) is 0 Å². The molecule has 0 heterocycles. The zero-order valence-electron chi connectivity index (χ0n) is 11.6. The van der Waals surface area contributed by atoms with Crippen LogP contribution in [-0.2, 0) is 4.79 Å². The van der Waals surface area contributed by atoms with Gasteiger partial charge in [0, 0.05) is 6.42 Å². The molecule has 98 valence electrons. The van der Waals surface area contributed by atoms with Crippen LogP contribution in [0.3, 0.4) is 0 Å². The second-order valence-corrected chi connectivity index (χ2v) is 4.73. The SMILES string of the molecule is CCC(=O)Oc1cccc(-c2cc(C)cc(C)c2)c1. The Labute approximate surface area is 114 Å². The van der Waals surface area contributed by atoms with Gasteiger partial charge < -0.3 is 4.74 Å². The van der Waals surface area contributed by atoms with E-state index in [0.717, 1.165) is 11.1 Å². The van der Waals surface area contributed by atoms with Gasteiger partial charge in [-0.3, -0.25) is 4.79 Å². The highest BCUT2D eigenvalue weighted by Crippen LogP contribution is 2.26. The van der Waals surface area contributed by atoms with E-state index in [2.05, 4.69) is 32.0 Å². The summed E-state index contributed by atoms with van der Waals surface area (Å²) in [6, 6.07) is 14.1. The van der Waals surface area contributed by atoms with Gasteiger partial charge in [-0.15, -0.1) is 0 Å². The normalized spacial score (nSPS) is 10.3. The van der Waals surface area contributed by atoms with Gasteiger partial charge in [0.25, 0.3) is 0 Å². The maximum atomic E-state index is 11.3. The Hall–Kier alpha value is -2.09. The quantitative estimate of drug-likeness (QED) is 0.603. The fourth-order valence-corrected chi connectivity index (χ4v) is 2.08. The fourth-order valence-electron chi connectivity index (χ4n) is 2.08. The van der Waals surface area contributed by atoms with Crippen LogP contribution in [0.1, 0.15) is 24.5 Å². The van der Waals surface area contributed by atoms with Gasteiger partial charge in [0.2, 0.25) is 0 Å². The molecule has 0 N–H and O–H groups in total. The van der Waals surface area contributed by atoms with Gasteiger partial charge in [-0.05, 0) is 37.1 Å². The molecule has 0 aliphatic heterocycles. The number of esters is 1. The van der Waals surface area contributed by atoms with Crippen molar-refractivity contribution in [3.05, 3.63) is 53.6 Å². The van der Waals surface area contributed by atoms with Gasteiger partial charge in [0.05, 0.1) is 0 Å². The largest absolute Gasteiger partial charge is 0.427 e. The van der Waals surface area contributed by atoms with Gasteiger partial charge in [-0.2, -0.15) is 0 Å². The molecule has 2 nitrogen and oxygen atoms in total. The van der Waals surface area contributed by atoms with Crippen LogP contribution in [0.15, 0.2) is 42.5 Å². The number of carbonyl (C=O) groups excluding carboxylic acids is 1. The third-order valence-electron chi connectivity index (χ3n) is 2.91. The monoisotopic (exact) mass is 254 g/mol. The Morgan fingerprint density at radius 1 is 1.00 bits per heavy atom. The zero-order valence-corrected chi connectivity index (χ0v) is 11.6. The van der Waals surface area contributed by atoms with Crippen LogP contribution in [0.25, 0.3) is 11.1 Å². The van der Waals surface area contributed by atoms with E-state index in [1.165, 1.54) is 11.1 Å². The molecule has 19 heavy (non-hydrogen) atoms. The van der Waals surface area contributed by atoms with Gasteiger partial charge >= 0.3 is 5.97 Å². The number of hydrogen-bond acceptors (Lipinski definition) is 2. The Balaban J connectivity index is 2.34. The van der Waals surface area contributed by atoms with Crippen molar-refractivity contribution in [3.63, 3.8) is 0 Å². The standard InChI is InChI=1S/C17H18O2/c1-4-17(18)19-16-7-5-6-14(11-16)15-9-12(2)8-13(3)10-15/h5-11H,4H2,1-3H3.